The number of thiol groups is 1. The van der Waals surface area contributed by atoms with E-state index in [2.05, 4.69) is 85.3 Å². The molecule has 5 heteroatoms. The summed E-state index contributed by atoms with van der Waals surface area (Å²) in [5.74, 6) is 0.545. The van der Waals surface area contributed by atoms with Gasteiger partial charge in [0.05, 0.1) is 5.56 Å². The number of aryl methyl sites for hydroxylation is 2. The number of carbonyl (C=O) groups is 1. The summed E-state index contributed by atoms with van der Waals surface area (Å²) in [4.78, 5) is 17.7. The van der Waals surface area contributed by atoms with E-state index in [0.29, 0.717) is 17.9 Å². The lowest BCUT2D eigenvalue weighted by Crippen LogP contribution is -2.25. The highest BCUT2D eigenvalue weighted by molar-refractivity contribution is 7.99. The Labute approximate surface area is 183 Å². The predicted octanol–water partition coefficient (Wildman–Crippen LogP) is 5.70. The first-order valence-corrected chi connectivity index (χ1v) is 11.3. The Kier molecular flexibility index (Phi) is 10.4. The molecule has 1 amide bonds. The second-order valence-corrected chi connectivity index (χ2v) is 7.91. The molecule has 0 radical (unpaired) electrons. The van der Waals surface area contributed by atoms with Crippen LogP contribution < -0.4 is 5.32 Å². The maximum Gasteiger partial charge on any atom is 0.252 e. The van der Waals surface area contributed by atoms with Crippen molar-refractivity contribution in [1.29, 1.82) is 0 Å². The van der Waals surface area contributed by atoms with Crippen LogP contribution in [0, 0.1) is 0 Å². The molecule has 2 aromatic carbocycles. The zero-order chi connectivity index (χ0) is 20.9. The monoisotopic (exact) mass is 424 g/mol. The zero-order valence-electron chi connectivity index (χ0n) is 17.0. The van der Waals surface area contributed by atoms with Crippen LogP contribution in [-0.4, -0.2) is 23.2 Å². The third-order valence-electron chi connectivity index (χ3n) is 4.22. The minimum absolute atomic E-state index is 0.0999. The molecule has 29 heavy (non-hydrogen) atoms. The van der Waals surface area contributed by atoms with Crippen molar-refractivity contribution in [1.82, 2.24) is 10.3 Å². The molecule has 0 aliphatic heterocycles. The maximum absolute atomic E-state index is 11.2. The van der Waals surface area contributed by atoms with E-state index in [1.165, 1.54) is 27.1 Å². The normalized spacial score (nSPS) is 10.0. The highest BCUT2D eigenvalue weighted by Gasteiger charge is 2.02. The van der Waals surface area contributed by atoms with E-state index >= 15 is 0 Å². The van der Waals surface area contributed by atoms with Crippen molar-refractivity contribution < 1.29 is 4.79 Å². The SMILES string of the molecule is CCc1ccc(Sc2ccc(CC)cc2)cc1.O=C(NCCS)c1cccnc1. The van der Waals surface area contributed by atoms with Crippen molar-refractivity contribution >= 4 is 30.3 Å². The van der Waals surface area contributed by atoms with E-state index in [0.717, 1.165) is 12.8 Å². The van der Waals surface area contributed by atoms with Crippen molar-refractivity contribution in [2.75, 3.05) is 12.3 Å². The average molecular weight is 425 g/mol. The fraction of sp³-hybridized carbons (Fsp3) is 0.250. The van der Waals surface area contributed by atoms with E-state index in [4.69, 9.17) is 0 Å². The van der Waals surface area contributed by atoms with Gasteiger partial charge >= 0.3 is 0 Å². The first-order valence-electron chi connectivity index (χ1n) is 9.81. The van der Waals surface area contributed by atoms with Crippen molar-refractivity contribution in [2.24, 2.45) is 0 Å². The third-order valence-corrected chi connectivity index (χ3v) is 5.46. The molecule has 0 atom stereocenters. The van der Waals surface area contributed by atoms with Crippen LogP contribution in [-0.2, 0) is 12.8 Å². The van der Waals surface area contributed by atoms with Crippen molar-refractivity contribution in [2.45, 2.75) is 36.5 Å². The molecule has 1 heterocycles. The lowest BCUT2D eigenvalue weighted by Gasteiger charge is -2.04. The van der Waals surface area contributed by atoms with Gasteiger partial charge < -0.3 is 5.32 Å². The quantitative estimate of drug-likeness (QED) is 0.478. The predicted molar refractivity (Wildman–Crippen MR) is 126 cm³/mol. The van der Waals surface area contributed by atoms with Crippen LogP contribution in [0.2, 0.25) is 0 Å². The Bertz CT molecular complexity index is 805. The van der Waals surface area contributed by atoms with Crippen LogP contribution in [0.1, 0.15) is 35.3 Å². The second-order valence-electron chi connectivity index (χ2n) is 6.32. The third kappa shape index (κ3) is 8.34. The Balaban J connectivity index is 0.000000221. The van der Waals surface area contributed by atoms with E-state index < -0.39 is 0 Å². The number of carbonyl (C=O) groups excluding carboxylic acids is 1. The summed E-state index contributed by atoms with van der Waals surface area (Å²) in [5.41, 5.74) is 3.38. The van der Waals surface area contributed by atoms with Gasteiger partial charge in [0.2, 0.25) is 0 Å². The fourth-order valence-corrected chi connectivity index (χ4v) is 3.42. The van der Waals surface area contributed by atoms with Gasteiger partial charge in [-0.15, -0.1) is 0 Å². The van der Waals surface area contributed by atoms with Crippen LogP contribution in [0.4, 0.5) is 0 Å². The van der Waals surface area contributed by atoms with Gasteiger partial charge in [0, 0.05) is 34.5 Å². The second kappa shape index (κ2) is 13.1. The number of benzene rings is 2. The molecule has 3 aromatic rings. The summed E-state index contributed by atoms with van der Waals surface area (Å²) in [6.07, 6.45) is 5.38. The van der Waals surface area contributed by atoms with Crippen LogP contribution >= 0.6 is 24.4 Å². The van der Waals surface area contributed by atoms with E-state index in [-0.39, 0.29) is 5.91 Å². The molecular formula is C24H28N2OS2. The van der Waals surface area contributed by atoms with Gasteiger partial charge in [-0.25, -0.2) is 0 Å². The first-order chi connectivity index (χ1) is 14.2. The van der Waals surface area contributed by atoms with Gasteiger partial charge in [-0.2, -0.15) is 12.6 Å². The molecule has 0 aliphatic rings. The Morgan fingerprint density at radius 1 is 0.931 bits per heavy atom. The molecule has 0 bridgehead atoms. The molecule has 0 saturated carbocycles. The number of hydrogen-bond donors (Lipinski definition) is 2. The summed E-state index contributed by atoms with van der Waals surface area (Å²) < 4.78 is 0. The van der Waals surface area contributed by atoms with Gasteiger partial charge in [0.15, 0.2) is 0 Å². The minimum Gasteiger partial charge on any atom is -0.351 e. The number of hydrogen-bond acceptors (Lipinski definition) is 4. The van der Waals surface area contributed by atoms with Gasteiger partial charge in [0.1, 0.15) is 0 Å². The van der Waals surface area contributed by atoms with Crippen LogP contribution in [0.25, 0.3) is 0 Å². The molecule has 0 aliphatic carbocycles. The average Bonchev–Trinajstić information content (AvgIpc) is 2.79. The zero-order valence-corrected chi connectivity index (χ0v) is 18.7. The Morgan fingerprint density at radius 2 is 1.48 bits per heavy atom. The molecular weight excluding hydrogens is 396 g/mol. The molecule has 1 N–H and O–H groups in total. The van der Waals surface area contributed by atoms with Crippen molar-refractivity contribution in [3.8, 4) is 0 Å². The summed E-state index contributed by atoms with van der Waals surface area (Å²) in [5, 5.41) is 2.69. The number of amides is 1. The van der Waals surface area contributed by atoms with Gasteiger partial charge in [-0.3, -0.25) is 9.78 Å². The van der Waals surface area contributed by atoms with E-state index in [9.17, 15) is 4.79 Å². The maximum atomic E-state index is 11.2. The highest BCUT2D eigenvalue weighted by Crippen LogP contribution is 2.28. The number of rotatable bonds is 7. The molecule has 152 valence electrons. The lowest BCUT2D eigenvalue weighted by atomic mass is 10.2. The minimum atomic E-state index is -0.0999. The molecule has 0 unspecified atom stereocenters. The standard InChI is InChI=1S/C16H18S.C8H10N2OS/c1-3-13-5-9-15(10-6-13)17-16-11-7-14(4-2)8-12-16;11-8(10-4-5-12)7-2-1-3-9-6-7/h5-12H,3-4H2,1-2H3;1-3,6,12H,4-5H2,(H,10,11). The van der Waals surface area contributed by atoms with Gasteiger partial charge in [-0.1, -0.05) is 49.9 Å². The summed E-state index contributed by atoms with van der Waals surface area (Å²) in [7, 11) is 0. The largest absolute Gasteiger partial charge is 0.351 e. The fourth-order valence-electron chi connectivity index (χ4n) is 2.49. The Morgan fingerprint density at radius 3 is 1.90 bits per heavy atom. The van der Waals surface area contributed by atoms with Crippen LogP contribution in [0.5, 0.6) is 0 Å². The smallest absolute Gasteiger partial charge is 0.252 e. The highest BCUT2D eigenvalue weighted by atomic mass is 32.2. The molecule has 3 nitrogen and oxygen atoms in total. The van der Waals surface area contributed by atoms with E-state index in [1.54, 1.807) is 18.3 Å². The number of nitrogens with one attached hydrogen (secondary N) is 1. The van der Waals surface area contributed by atoms with Gasteiger partial charge in [0.25, 0.3) is 5.91 Å². The molecule has 0 spiro atoms. The topological polar surface area (TPSA) is 42.0 Å². The molecule has 0 fully saturated rings. The Hall–Kier alpha value is -2.24. The lowest BCUT2D eigenvalue weighted by molar-refractivity contribution is 0.0956. The van der Waals surface area contributed by atoms with Crippen LogP contribution in [0.3, 0.4) is 0 Å². The summed E-state index contributed by atoms with van der Waals surface area (Å²) in [6.45, 7) is 4.95. The number of nitrogens with zero attached hydrogens (tertiary/aromatic N) is 1. The number of aromatic nitrogens is 1. The van der Waals surface area contributed by atoms with Crippen molar-refractivity contribution in [3.63, 3.8) is 0 Å². The van der Waals surface area contributed by atoms with Crippen molar-refractivity contribution in [3.05, 3.63) is 89.7 Å². The molecule has 0 saturated heterocycles. The van der Waals surface area contributed by atoms with E-state index in [1.807, 2.05) is 11.8 Å². The number of pyridine rings is 1. The van der Waals surface area contributed by atoms with Gasteiger partial charge in [-0.05, 0) is 60.4 Å². The first kappa shape index (κ1) is 23.0. The molecule has 3 rings (SSSR count). The van der Waals surface area contributed by atoms with Crippen LogP contribution in [0.15, 0.2) is 82.8 Å². The molecule has 1 aromatic heterocycles. The summed E-state index contributed by atoms with van der Waals surface area (Å²) in [6, 6.07) is 21.1. The summed E-state index contributed by atoms with van der Waals surface area (Å²) >= 11 is 5.80.